The smallest absolute Gasteiger partial charge is 0.208 e. The lowest BCUT2D eigenvalue weighted by molar-refractivity contribution is 0.546. The number of hydrogen-bond donors (Lipinski definition) is 1. The number of halogens is 3. The summed E-state index contributed by atoms with van der Waals surface area (Å²) in [5.41, 5.74) is 0. The summed E-state index contributed by atoms with van der Waals surface area (Å²) in [6, 6.07) is 2.98. The van der Waals surface area contributed by atoms with Gasteiger partial charge in [0.25, 0.3) is 0 Å². The molecule has 0 fully saturated rings. The lowest BCUT2D eigenvalue weighted by Crippen LogP contribution is -2.34. The summed E-state index contributed by atoms with van der Waals surface area (Å²) in [5.74, 6) is -0.638. The quantitative estimate of drug-likeness (QED) is 0.821. The predicted octanol–water partition coefficient (Wildman–Crippen LogP) is 3.32. The molecule has 3 nitrogen and oxygen atoms in total. The normalized spacial score (nSPS) is 15.4. The standard InChI is InChI=1S/C11H14BrClFNO2S/c1-7(12)5-8(2)15-18(16,17)11-6-9(14)3-4-10(11)13/h3-4,6-8,15H,5H2,1-2H3. The van der Waals surface area contributed by atoms with Crippen LogP contribution in [0.4, 0.5) is 4.39 Å². The second-order valence-electron chi connectivity index (χ2n) is 4.11. The van der Waals surface area contributed by atoms with E-state index in [1.807, 2.05) is 6.92 Å². The maximum atomic E-state index is 13.1. The van der Waals surface area contributed by atoms with Crippen molar-refractivity contribution < 1.29 is 12.8 Å². The summed E-state index contributed by atoms with van der Waals surface area (Å²) >= 11 is 9.12. The largest absolute Gasteiger partial charge is 0.242 e. The summed E-state index contributed by atoms with van der Waals surface area (Å²) in [4.78, 5) is -0.0589. The van der Waals surface area contributed by atoms with Gasteiger partial charge in [-0.25, -0.2) is 17.5 Å². The number of alkyl halides is 1. The van der Waals surface area contributed by atoms with Gasteiger partial charge >= 0.3 is 0 Å². The van der Waals surface area contributed by atoms with Crippen molar-refractivity contribution in [1.82, 2.24) is 4.72 Å². The molecule has 2 atom stereocenters. The van der Waals surface area contributed by atoms with Crippen molar-refractivity contribution in [3.05, 3.63) is 29.0 Å². The fraction of sp³-hybridized carbons (Fsp3) is 0.455. The molecule has 0 saturated heterocycles. The highest BCUT2D eigenvalue weighted by molar-refractivity contribution is 9.09. The maximum absolute atomic E-state index is 13.1. The van der Waals surface area contributed by atoms with Crippen LogP contribution in [0.15, 0.2) is 23.1 Å². The molecule has 0 heterocycles. The lowest BCUT2D eigenvalue weighted by atomic mass is 10.2. The monoisotopic (exact) mass is 357 g/mol. The Morgan fingerprint density at radius 3 is 2.61 bits per heavy atom. The molecule has 0 aliphatic rings. The molecule has 0 radical (unpaired) electrons. The molecule has 2 unspecified atom stereocenters. The Bertz CT molecular complexity index is 522. The molecular weight excluding hydrogens is 345 g/mol. The molecule has 18 heavy (non-hydrogen) atoms. The Morgan fingerprint density at radius 1 is 1.44 bits per heavy atom. The van der Waals surface area contributed by atoms with Crippen LogP contribution >= 0.6 is 27.5 Å². The summed E-state index contributed by atoms with van der Waals surface area (Å²) in [6.45, 7) is 3.66. The number of benzene rings is 1. The third kappa shape index (κ3) is 4.50. The first-order valence-corrected chi connectivity index (χ1v) is 8.11. The van der Waals surface area contributed by atoms with E-state index in [0.29, 0.717) is 6.42 Å². The van der Waals surface area contributed by atoms with Crippen LogP contribution in [0, 0.1) is 5.82 Å². The first kappa shape index (κ1) is 15.9. The summed E-state index contributed by atoms with van der Waals surface area (Å²) in [6.07, 6.45) is 0.617. The Hall–Kier alpha value is -0.170. The average Bonchev–Trinajstić information content (AvgIpc) is 2.19. The van der Waals surface area contributed by atoms with Crippen LogP contribution in [0.3, 0.4) is 0 Å². The minimum atomic E-state index is -3.80. The van der Waals surface area contributed by atoms with Gasteiger partial charge in [-0.3, -0.25) is 0 Å². The summed E-state index contributed by atoms with van der Waals surface area (Å²) in [5, 5.41) is 0.00277. The Balaban J connectivity index is 2.96. The highest BCUT2D eigenvalue weighted by atomic mass is 79.9. The fourth-order valence-electron chi connectivity index (χ4n) is 1.55. The zero-order chi connectivity index (χ0) is 13.9. The van der Waals surface area contributed by atoms with Gasteiger partial charge in [0, 0.05) is 10.9 Å². The van der Waals surface area contributed by atoms with Crippen molar-refractivity contribution in [2.45, 2.75) is 36.0 Å². The first-order chi connectivity index (χ1) is 8.22. The SMILES string of the molecule is CC(Br)CC(C)NS(=O)(=O)c1cc(F)ccc1Cl. The van der Waals surface area contributed by atoms with Gasteiger partial charge < -0.3 is 0 Å². The average molecular weight is 359 g/mol. The van der Waals surface area contributed by atoms with Gasteiger partial charge in [-0.1, -0.05) is 34.5 Å². The molecule has 1 aromatic carbocycles. The van der Waals surface area contributed by atoms with Crippen LogP contribution in [-0.4, -0.2) is 19.3 Å². The molecule has 0 aliphatic heterocycles. The van der Waals surface area contributed by atoms with Crippen LogP contribution in [-0.2, 0) is 10.0 Å². The van der Waals surface area contributed by atoms with Gasteiger partial charge in [-0.2, -0.15) is 0 Å². The van der Waals surface area contributed by atoms with E-state index in [-0.39, 0.29) is 20.8 Å². The fourth-order valence-corrected chi connectivity index (χ4v) is 3.88. The zero-order valence-corrected chi connectivity index (χ0v) is 13.1. The van der Waals surface area contributed by atoms with Crippen LogP contribution in [0.5, 0.6) is 0 Å². The van der Waals surface area contributed by atoms with Crippen LogP contribution < -0.4 is 4.72 Å². The van der Waals surface area contributed by atoms with Crippen molar-refractivity contribution in [2.75, 3.05) is 0 Å². The molecule has 0 aromatic heterocycles. The number of nitrogens with one attached hydrogen (secondary N) is 1. The minimum Gasteiger partial charge on any atom is -0.208 e. The third-order valence-corrected chi connectivity index (χ3v) is 4.66. The maximum Gasteiger partial charge on any atom is 0.242 e. The molecular formula is C11H14BrClFNO2S. The third-order valence-electron chi connectivity index (χ3n) is 2.22. The van der Waals surface area contributed by atoms with E-state index in [0.717, 1.165) is 12.1 Å². The Morgan fingerprint density at radius 2 is 2.06 bits per heavy atom. The van der Waals surface area contributed by atoms with Gasteiger partial charge in [-0.15, -0.1) is 0 Å². The minimum absolute atomic E-state index is 0.00277. The zero-order valence-electron chi connectivity index (χ0n) is 9.95. The van der Waals surface area contributed by atoms with Crippen molar-refractivity contribution >= 4 is 37.6 Å². The predicted molar refractivity (Wildman–Crippen MR) is 74.2 cm³/mol. The number of rotatable bonds is 5. The number of sulfonamides is 1. The topological polar surface area (TPSA) is 46.2 Å². The van der Waals surface area contributed by atoms with Gasteiger partial charge in [0.05, 0.1) is 5.02 Å². The van der Waals surface area contributed by atoms with Crippen LogP contribution in [0.1, 0.15) is 20.3 Å². The molecule has 1 rings (SSSR count). The highest BCUT2D eigenvalue weighted by Crippen LogP contribution is 2.22. The molecule has 0 bridgehead atoms. The first-order valence-electron chi connectivity index (χ1n) is 5.34. The van der Waals surface area contributed by atoms with E-state index in [4.69, 9.17) is 11.6 Å². The Kier molecular flexibility index (Phi) is 5.58. The van der Waals surface area contributed by atoms with E-state index in [1.165, 1.54) is 6.07 Å². The summed E-state index contributed by atoms with van der Waals surface area (Å²) < 4.78 is 39.6. The van der Waals surface area contributed by atoms with Gasteiger partial charge in [0.2, 0.25) is 10.0 Å². The van der Waals surface area contributed by atoms with E-state index in [9.17, 15) is 12.8 Å². The highest BCUT2D eigenvalue weighted by Gasteiger charge is 2.21. The van der Waals surface area contributed by atoms with Crippen molar-refractivity contribution in [2.24, 2.45) is 0 Å². The molecule has 0 amide bonds. The second kappa shape index (κ2) is 6.32. The molecule has 1 aromatic rings. The number of hydrogen-bond acceptors (Lipinski definition) is 2. The van der Waals surface area contributed by atoms with Crippen molar-refractivity contribution in [3.8, 4) is 0 Å². The van der Waals surface area contributed by atoms with Gasteiger partial charge in [-0.05, 0) is 31.5 Å². The lowest BCUT2D eigenvalue weighted by Gasteiger charge is -2.16. The second-order valence-corrected chi connectivity index (χ2v) is 7.77. The Labute approximate surface area is 120 Å². The molecule has 0 saturated carbocycles. The molecule has 0 aliphatic carbocycles. The van der Waals surface area contributed by atoms with Crippen LogP contribution in [0.25, 0.3) is 0 Å². The summed E-state index contributed by atoms with van der Waals surface area (Å²) in [7, 11) is -3.80. The molecule has 0 spiro atoms. The van der Waals surface area contributed by atoms with Crippen molar-refractivity contribution in [3.63, 3.8) is 0 Å². The van der Waals surface area contributed by atoms with Crippen LogP contribution in [0.2, 0.25) is 5.02 Å². The van der Waals surface area contributed by atoms with Gasteiger partial charge in [0.15, 0.2) is 0 Å². The molecule has 1 N–H and O–H groups in total. The van der Waals surface area contributed by atoms with Gasteiger partial charge in [0.1, 0.15) is 10.7 Å². The molecule has 102 valence electrons. The van der Waals surface area contributed by atoms with E-state index in [2.05, 4.69) is 20.7 Å². The molecule has 7 heteroatoms. The van der Waals surface area contributed by atoms with Crippen molar-refractivity contribution in [1.29, 1.82) is 0 Å². The van der Waals surface area contributed by atoms with E-state index in [1.54, 1.807) is 6.92 Å². The van der Waals surface area contributed by atoms with E-state index < -0.39 is 15.8 Å². The van der Waals surface area contributed by atoms with E-state index >= 15 is 0 Å².